The first-order valence-corrected chi connectivity index (χ1v) is 10.3. The smallest absolute Gasteiger partial charge is 0.321 e. The topological polar surface area (TPSA) is 64.7 Å². The van der Waals surface area contributed by atoms with Gasteiger partial charge in [-0.15, -0.1) is 0 Å². The summed E-state index contributed by atoms with van der Waals surface area (Å²) < 4.78 is 13.8. The average Bonchev–Trinajstić information content (AvgIpc) is 2.74. The molecule has 0 bridgehead atoms. The molecule has 1 aromatic rings. The number of likely N-dealkylation sites (tertiary alicyclic amines) is 2. The first-order valence-electron chi connectivity index (χ1n) is 10.3. The quantitative estimate of drug-likeness (QED) is 0.813. The molecule has 0 aliphatic carbocycles. The summed E-state index contributed by atoms with van der Waals surface area (Å²) >= 11 is 0. The minimum Gasteiger partial charge on any atom is -0.342 e. The van der Waals surface area contributed by atoms with Crippen LogP contribution in [-0.4, -0.2) is 61.5 Å². The molecule has 2 N–H and O–H groups in total. The minimum atomic E-state index is -0.457. The Balaban J connectivity index is 1.51. The van der Waals surface area contributed by atoms with Crippen molar-refractivity contribution in [2.75, 3.05) is 45.1 Å². The Morgan fingerprint density at radius 2 is 1.86 bits per heavy atom. The molecule has 7 heteroatoms. The van der Waals surface area contributed by atoms with E-state index in [4.69, 9.17) is 0 Å². The lowest BCUT2D eigenvalue weighted by Gasteiger charge is -2.38. The Bertz CT molecular complexity index is 676. The molecule has 2 fully saturated rings. The maximum Gasteiger partial charge on any atom is 0.321 e. The number of benzene rings is 1. The molecule has 3 rings (SSSR count). The zero-order chi connectivity index (χ0) is 19.9. The molecule has 1 aromatic carbocycles. The maximum atomic E-state index is 13.8. The molecule has 2 saturated heterocycles. The molecule has 2 heterocycles. The Morgan fingerprint density at radius 3 is 2.57 bits per heavy atom. The van der Waals surface area contributed by atoms with Crippen molar-refractivity contribution in [2.45, 2.75) is 32.1 Å². The number of hydrogen-bond donors (Lipinski definition) is 2. The van der Waals surface area contributed by atoms with Crippen molar-refractivity contribution in [3.05, 3.63) is 30.1 Å². The lowest BCUT2D eigenvalue weighted by molar-refractivity contribution is -0.138. The number of carbonyl (C=O) groups excluding carboxylic acids is 2. The number of anilines is 1. The SMILES string of the molecule is CNCCC1CCN(C(=O)C2CCCN(C(=O)Nc3ccccc3F)C2)CC1. The maximum absolute atomic E-state index is 13.8. The predicted octanol–water partition coefficient (Wildman–Crippen LogP) is 2.92. The van der Waals surface area contributed by atoms with Gasteiger partial charge in [0.15, 0.2) is 0 Å². The molecule has 3 amide bonds. The van der Waals surface area contributed by atoms with E-state index in [2.05, 4.69) is 10.6 Å². The highest BCUT2D eigenvalue weighted by atomic mass is 19.1. The van der Waals surface area contributed by atoms with Gasteiger partial charge in [-0.25, -0.2) is 9.18 Å². The fraction of sp³-hybridized carbons (Fsp3) is 0.619. The van der Waals surface area contributed by atoms with Gasteiger partial charge in [-0.3, -0.25) is 4.79 Å². The second kappa shape index (κ2) is 9.87. The Labute approximate surface area is 166 Å². The van der Waals surface area contributed by atoms with Crippen LogP contribution in [0.2, 0.25) is 0 Å². The zero-order valence-corrected chi connectivity index (χ0v) is 16.6. The number of rotatable bonds is 5. The molecule has 1 atom stereocenters. The third-order valence-corrected chi connectivity index (χ3v) is 5.90. The molecule has 28 heavy (non-hydrogen) atoms. The molecule has 0 saturated carbocycles. The van der Waals surface area contributed by atoms with Gasteiger partial charge in [-0.1, -0.05) is 12.1 Å². The summed E-state index contributed by atoms with van der Waals surface area (Å²) in [6.07, 6.45) is 4.86. The van der Waals surface area contributed by atoms with Crippen LogP contribution >= 0.6 is 0 Å². The number of halogens is 1. The van der Waals surface area contributed by atoms with Crippen molar-refractivity contribution in [3.63, 3.8) is 0 Å². The number of piperidine rings is 2. The Morgan fingerprint density at radius 1 is 1.11 bits per heavy atom. The van der Waals surface area contributed by atoms with Crippen LogP contribution in [0.5, 0.6) is 0 Å². The van der Waals surface area contributed by atoms with Crippen LogP contribution in [0.3, 0.4) is 0 Å². The van der Waals surface area contributed by atoms with Gasteiger partial charge in [0, 0.05) is 26.2 Å². The lowest BCUT2D eigenvalue weighted by Crippen LogP contribution is -2.49. The van der Waals surface area contributed by atoms with Gasteiger partial charge in [0.05, 0.1) is 11.6 Å². The number of para-hydroxylation sites is 1. The van der Waals surface area contributed by atoms with E-state index in [1.165, 1.54) is 12.1 Å². The highest BCUT2D eigenvalue weighted by Gasteiger charge is 2.33. The van der Waals surface area contributed by atoms with E-state index in [1.54, 1.807) is 17.0 Å². The average molecular weight is 391 g/mol. The van der Waals surface area contributed by atoms with E-state index in [0.717, 1.165) is 51.7 Å². The van der Waals surface area contributed by atoms with E-state index < -0.39 is 5.82 Å². The first-order chi connectivity index (χ1) is 13.6. The van der Waals surface area contributed by atoms with Crippen LogP contribution in [-0.2, 0) is 4.79 Å². The van der Waals surface area contributed by atoms with Crippen LogP contribution in [0.4, 0.5) is 14.9 Å². The van der Waals surface area contributed by atoms with E-state index in [1.807, 2.05) is 11.9 Å². The summed E-state index contributed by atoms with van der Waals surface area (Å²) in [6, 6.07) is 5.79. The third-order valence-electron chi connectivity index (χ3n) is 5.90. The van der Waals surface area contributed by atoms with Crippen LogP contribution in [0.25, 0.3) is 0 Å². The summed E-state index contributed by atoms with van der Waals surface area (Å²) in [6.45, 7) is 3.64. The molecule has 1 unspecified atom stereocenters. The number of hydrogen-bond acceptors (Lipinski definition) is 3. The highest BCUT2D eigenvalue weighted by molar-refractivity contribution is 5.90. The molecule has 0 radical (unpaired) electrons. The molecular formula is C21H31FN4O2. The second-order valence-corrected chi connectivity index (χ2v) is 7.86. The largest absolute Gasteiger partial charge is 0.342 e. The normalized spacial score (nSPS) is 20.9. The van der Waals surface area contributed by atoms with Gasteiger partial charge in [-0.2, -0.15) is 0 Å². The summed E-state index contributed by atoms with van der Waals surface area (Å²) in [7, 11) is 1.97. The Kier molecular flexibility index (Phi) is 7.25. The number of amides is 3. The van der Waals surface area contributed by atoms with Crippen LogP contribution in [0.1, 0.15) is 32.1 Å². The van der Waals surface area contributed by atoms with E-state index >= 15 is 0 Å². The van der Waals surface area contributed by atoms with Crippen molar-refractivity contribution >= 4 is 17.6 Å². The van der Waals surface area contributed by atoms with Crippen molar-refractivity contribution in [1.82, 2.24) is 15.1 Å². The third kappa shape index (κ3) is 5.22. The molecule has 2 aliphatic rings. The van der Waals surface area contributed by atoms with Gasteiger partial charge in [0.2, 0.25) is 5.91 Å². The Hall–Kier alpha value is -2.15. The van der Waals surface area contributed by atoms with Gasteiger partial charge < -0.3 is 20.4 Å². The highest BCUT2D eigenvalue weighted by Crippen LogP contribution is 2.25. The van der Waals surface area contributed by atoms with Gasteiger partial charge in [0.1, 0.15) is 5.82 Å². The number of nitrogens with zero attached hydrogens (tertiary/aromatic N) is 2. The van der Waals surface area contributed by atoms with Crippen molar-refractivity contribution in [2.24, 2.45) is 11.8 Å². The predicted molar refractivity (Wildman–Crippen MR) is 108 cm³/mol. The number of nitrogens with one attached hydrogen (secondary N) is 2. The van der Waals surface area contributed by atoms with Crippen molar-refractivity contribution < 1.29 is 14.0 Å². The monoisotopic (exact) mass is 390 g/mol. The molecule has 2 aliphatic heterocycles. The first kappa shape index (κ1) is 20.6. The summed E-state index contributed by atoms with van der Waals surface area (Å²) in [5, 5.41) is 5.81. The van der Waals surface area contributed by atoms with Gasteiger partial charge >= 0.3 is 6.03 Å². The van der Waals surface area contributed by atoms with E-state index in [9.17, 15) is 14.0 Å². The fourth-order valence-corrected chi connectivity index (χ4v) is 4.17. The minimum absolute atomic E-state index is 0.158. The molecule has 6 nitrogen and oxygen atoms in total. The van der Waals surface area contributed by atoms with E-state index in [0.29, 0.717) is 19.0 Å². The molecular weight excluding hydrogens is 359 g/mol. The van der Waals surface area contributed by atoms with Crippen LogP contribution < -0.4 is 10.6 Å². The summed E-state index contributed by atoms with van der Waals surface area (Å²) in [5.74, 6) is 0.233. The summed E-state index contributed by atoms with van der Waals surface area (Å²) in [5.41, 5.74) is 0.171. The summed E-state index contributed by atoms with van der Waals surface area (Å²) in [4.78, 5) is 29.1. The van der Waals surface area contributed by atoms with Gasteiger partial charge in [-0.05, 0) is 63.7 Å². The van der Waals surface area contributed by atoms with Crippen molar-refractivity contribution in [3.8, 4) is 0 Å². The molecule has 0 spiro atoms. The number of carbonyl (C=O) groups is 2. The lowest BCUT2D eigenvalue weighted by atomic mass is 9.91. The van der Waals surface area contributed by atoms with Gasteiger partial charge in [0.25, 0.3) is 0 Å². The second-order valence-electron chi connectivity index (χ2n) is 7.86. The molecule has 154 valence electrons. The van der Waals surface area contributed by atoms with E-state index in [-0.39, 0.29) is 23.5 Å². The van der Waals surface area contributed by atoms with Crippen molar-refractivity contribution in [1.29, 1.82) is 0 Å². The van der Waals surface area contributed by atoms with Crippen LogP contribution in [0, 0.1) is 17.7 Å². The standard InChI is InChI=1S/C21H31FN4O2/c1-23-11-8-16-9-13-25(14-10-16)20(27)17-5-4-12-26(15-17)21(28)24-19-7-3-2-6-18(19)22/h2-3,6-7,16-17,23H,4-5,8-15H2,1H3,(H,24,28). The number of urea groups is 1. The zero-order valence-electron chi connectivity index (χ0n) is 16.6. The molecule has 0 aromatic heterocycles. The van der Waals surface area contributed by atoms with Crippen LogP contribution in [0.15, 0.2) is 24.3 Å². The fourth-order valence-electron chi connectivity index (χ4n) is 4.17.